The van der Waals surface area contributed by atoms with E-state index in [9.17, 15) is 9.59 Å². The molecule has 0 radical (unpaired) electrons. The Morgan fingerprint density at radius 3 is 2.18 bits per heavy atom. The average Bonchev–Trinajstić information content (AvgIpc) is 3.29. The van der Waals surface area contributed by atoms with Crippen molar-refractivity contribution >= 4 is 34.3 Å². The van der Waals surface area contributed by atoms with E-state index >= 15 is 0 Å². The van der Waals surface area contributed by atoms with Gasteiger partial charge in [-0.25, -0.2) is 0 Å². The van der Waals surface area contributed by atoms with Crippen molar-refractivity contribution in [3.05, 3.63) is 89.3 Å². The maximum absolute atomic E-state index is 13.0. The number of hydrogen-bond acceptors (Lipinski definition) is 3. The Labute approximate surface area is 202 Å². The molecule has 2 aromatic heterocycles. The lowest BCUT2D eigenvalue weighted by molar-refractivity contribution is 0.0860. The van der Waals surface area contributed by atoms with Crippen LogP contribution in [0.3, 0.4) is 0 Å². The number of rotatable bonds is 5. The Morgan fingerprint density at radius 2 is 1.47 bits per heavy atom. The van der Waals surface area contributed by atoms with E-state index in [-0.39, 0.29) is 23.9 Å². The van der Waals surface area contributed by atoms with Gasteiger partial charge in [0.05, 0.1) is 0 Å². The van der Waals surface area contributed by atoms with Gasteiger partial charge in [-0.1, -0.05) is 36.6 Å². The van der Waals surface area contributed by atoms with Crippen molar-refractivity contribution < 1.29 is 9.59 Å². The number of carbonyl (C=O) groups excluding carboxylic acids is 2. The molecule has 2 unspecified atom stereocenters. The van der Waals surface area contributed by atoms with Crippen LogP contribution in [0.5, 0.6) is 0 Å². The third-order valence-corrected chi connectivity index (χ3v) is 6.62. The SMILES string of the molecule is O=C(NC1CCCCC1NC(=O)c1cc2cc(Cl)ccc2[nH]1)c1ccc(-c2ccncc2)cc1. The molecule has 0 saturated heterocycles. The summed E-state index contributed by atoms with van der Waals surface area (Å²) in [7, 11) is 0. The zero-order chi connectivity index (χ0) is 23.5. The lowest BCUT2D eigenvalue weighted by Gasteiger charge is -2.32. The molecule has 0 aliphatic heterocycles. The molecule has 1 fully saturated rings. The Balaban J connectivity index is 1.26. The zero-order valence-electron chi connectivity index (χ0n) is 18.6. The second kappa shape index (κ2) is 9.69. The van der Waals surface area contributed by atoms with Crippen LogP contribution in [0.15, 0.2) is 73.1 Å². The Kier molecular flexibility index (Phi) is 6.32. The van der Waals surface area contributed by atoms with E-state index in [0.29, 0.717) is 16.3 Å². The molecule has 1 saturated carbocycles. The molecule has 7 heteroatoms. The van der Waals surface area contributed by atoms with Gasteiger partial charge in [0, 0.05) is 46.0 Å². The van der Waals surface area contributed by atoms with Gasteiger partial charge in [-0.05, 0) is 72.5 Å². The number of nitrogens with one attached hydrogen (secondary N) is 3. The van der Waals surface area contributed by atoms with Gasteiger partial charge < -0.3 is 15.6 Å². The van der Waals surface area contributed by atoms with Gasteiger partial charge in [-0.15, -0.1) is 0 Å². The van der Waals surface area contributed by atoms with E-state index in [2.05, 4.69) is 20.6 Å². The third kappa shape index (κ3) is 4.82. The van der Waals surface area contributed by atoms with Crippen LogP contribution in [0.1, 0.15) is 46.5 Å². The minimum Gasteiger partial charge on any atom is -0.351 e. The summed E-state index contributed by atoms with van der Waals surface area (Å²) in [6.07, 6.45) is 7.18. The van der Waals surface area contributed by atoms with Crippen molar-refractivity contribution in [2.75, 3.05) is 0 Å². The van der Waals surface area contributed by atoms with Crippen LogP contribution in [-0.2, 0) is 0 Å². The van der Waals surface area contributed by atoms with E-state index in [1.165, 1.54) is 0 Å². The standard InChI is InChI=1S/C27H25ClN4O2/c28-21-9-10-22-20(15-21)16-25(30-22)27(34)32-24-4-2-1-3-23(24)31-26(33)19-7-5-17(6-8-19)18-11-13-29-14-12-18/h5-16,23-24,30H,1-4H2,(H,31,33)(H,32,34). The summed E-state index contributed by atoms with van der Waals surface area (Å²) in [5.41, 5.74) is 4.02. The predicted octanol–water partition coefficient (Wildman–Crippen LogP) is 5.35. The summed E-state index contributed by atoms with van der Waals surface area (Å²) in [6.45, 7) is 0. The molecule has 2 atom stereocenters. The number of hydrogen-bond donors (Lipinski definition) is 3. The highest BCUT2D eigenvalue weighted by atomic mass is 35.5. The number of pyridine rings is 1. The number of nitrogens with zero attached hydrogens (tertiary/aromatic N) is 1. The zero-order valence-corrected chi connectivity index (χ0v) is 19.3. The molecule has 2 heterocycles. The van der Waals surface area contributed by atoms with Gasteiger partial charge >= 0.3 is 0 Å². The third-order valence-electron chi connectivity index (χ3n) is 6.39. The predicted molar refractivity (Wildman–Crippen MR) is 134 cm³/mol. The average molecular weight is 473 g/mol. The second-order valence-corrected chi connectivity index (χ2v) is 9.11. The van der Waals surface area contributed by atoms with Crippen molar-refractivity contribution in [1.82, 2.24) is 20.6 Å². The van der Waals surface area contributed by atoms with Crippen molar-refractivity contribution in [3.63, 3.8) is 0 Å². The number of H-pyrrole nitrogens is 1. The fraction of sp³-hybridized carbons (Fsp3) is 0.222. The number of carbonyl (C=O) groups is 2. The van der Waals surface area contributed by atoms with Gasteiger partial charge in [0.1, 0.15) is 5.69 Å². The number of aromatic amines is 1. The molecule has 172 valence electrons. The molecule has 4 aromatic rings. The highest BCUT2D eigenvalue weighted by Crippen LogP contribution is 2.23. The Bertz CT molecular complexity index is 1320. The number of benzene rings is 2. The summed E-state index contributed by atoms with van der Waals surface area (Å²) >= 11 is 6.06. The number of fused-ring (bicyclic) bond motifs is 1. The molecule has 3 N–H and O–H groups in total. The molecule has 6 nitrogen and oxygen atoms in total. The van der Waals surface area contributed by atoms with Gasteiger partial charge in [-0.3, -0.25) is 14.6 Å². The van der Waals surface area contributed by atoms with Gasteiger partial charge in [-0.2, -0.15) is 0 Å². The van der Waals surface area contributed by atoms with Crippen molar-refractivity contribution in [1.29, 1.82) is 0 Å². The van der Waals surface area contributed by atoms with E-state index in [1.54, 1.807) is 24.5 Å². The smallest absolute Gasteiger partial charge is 0.268 e. The molecule has 5 rings (SSSR count). The largest absolute Gasteiger partial charge is 0.351 e. The molecule has 1 aliphatic rings. The second-order valence-electron chi connectivity index (χ2n) is 8.67. The lowest BCUT2D eigenvalue weighted by Crippen LogP contribution is -2.53. The fourth-order valence-electron chi connectivity index (χ4n) is 4.56. The quantitative estimate of drug-likeness (QED) is 0.365. The summed E-state index contributed by atoms with van der Waals surface area (Å²) in [5, 5.41) is 7.79. The van der Waals surface area contributed by atoms with Gasteiger partial charge in [0.15, 0.2) is 0 Å². The minimum atomic E-state index is -0.180. The summed E-state index contributed by atoms with van der Waals surface area (Å²) in [5.74, 6) is -0.312. The fourth-order valence-corrected chi connectivity index (χ4v) is 4.74. The summed E-state index contributed by atoms with van der Waals surface area (Å²) < 4.78 is 0. The maximum atomic E-state index is 13.0. The molecule has 2 aromatic carbocycles. The van der Waals surface area contributed by atoms with Crippen LogP contribution in [0.2, 0.25) is 5.02 Å². The molecule has 34 heavy (non-hydrogen) atoms. The van der Waals surface area contributed by atoms with E-state index < -0.39 is 0 Å². The topological polar surface area (TPSA) is 86.9 Å². The van der Waals surface area contributed by atoms with E-state index in [1.807, 2.05) is 48.5 Å². The summed E-state index contributed by atoms with van der Waals surface area (Å²) in [6, 6.07) is 18.4. The van der Waals surface area contributed by atoms with Crippen molar-refractivity contribution in [2.24, 2.45) is 0 Å². The normalized spacial score (nSPS) is 17.9. The monoisotopic (exact) mass is 472 g/mol. The highest BCUT2D eigenvalue weighted by Gasteiger charge is 2.28. The van der Waals surface area contributed by atoms with Crippen LogP contribution < -0.4 is 10.6 Å². The molecular formula is C27H25ClN4O2. The maximum Gasteiger partial charge on any atom is 0.268 e. The first-order valence-corrected chi connectivity index (χ1v) is 11.8. The first-order chi connectivity index (χ1) is 16.6. The van der Waals surface area contributed by atoms with Crippen LogP contribution in [0.4, 0.5) is 0 Å². The lowest BCUT2D eigenvalue weighted by atomic mass is 9.90. The van der Waals surface area contributed by atoms with Crippen LogP contribution in [0, 0.1) is 0 Å². The summed E-state index contributed by atoms with van der Waals surface area (Å²) in [4.78, 5) is 33.1. The molecular weight excluding hydrogens is 448 g/mol. The van der Waals surface area contributed by atoms with Crippen molar-refractivity contribution in [3.8, 4) is 11.1 Å². The first-order valence-electron chi connectivity index (χ1n) is 11.5. The van der Waals surface area contributed by atoms with Crippen LogP contribution in [0.25, 0.3) is 22.0 Å². The Morgan fingerprint density at radius 1 is 0.824 bits per heavy atom. The number of aromatic nitrogens is 2. The van der Waals surface area contributed by atoms with E-state index in [4.69, 9.17) is 11.6 Å². The molecule has 0 bridgehead atoms. The molecule has 0 spiro atoms. The molecule has 2 amide bonds. The van der Waals surface area contributed by atoms with E-state index in [0.717, 1.165) is 47.7 Å². The van der Waals surface area contributed by atoms with Crippen LogP contribution >= 0.6 is 11.6 Å². The number of halogens is 1. The first kappa shape index (κ1) is 22.2. The van der Waals surface area contributed by atoms with Crippen LogP contribution in [-0.4, -0.2) is 33.9 Å². The van der Waals surface area contributed by atoms with Gasteiger partial charge in [0.2, 0.25) is 0 Å². The Hall–Kier alpha value is -3.64. The van der Waals surface area contributed by atoms with Crippen molar-refractivity contribution in [2.45, 2.75) is 37.8 Å². The van der Waals surface area contributed by atoms with Gasteiger partial charge in [0.25, 0.3) is 11.8 Å². The highest BCUT2D eigenvalue weighted by molar-refractivity contribution is 6.31. The number of amides is 2. The molecule has 1 aliphatic carbocycles. The minimum absolute atomic E-state index is 0.121.